The number of rotatable bonds is 18. The van der Waals surface area contributed by atoms with Gasteiger partial charge in [-0.2, -0.15) is 15.4 Å². The van der Waals surface area contributed by atoms with Gasteiger partial charge in [-0.3, -0.25) is 31.9 Å². The minimum absolute atomic E-state index is 0.0289. The Hall–Kier alpha value is -2.26. The largest absolute Gasteiger partial charge is 0.475 e. The van der Waals surface area contributed by atoms with Gasteiger partial charge < -0.3 is 25.4 Å². The molecule has 2 saturated carbocycles. The van der Waals surface area contributed by atoms with Crippen molar-refractivity contribution in [2.75, 3.05) is 39.5 Å². The highest BCUT2D eigenvalue weighted by atomic mass is 31.2. The van der Waals surface area contributed by atoms with Crippen molar-refractivity contribution < 1.29 is 51.5 Å². The van der Waals surface area contributed by atoms with Crippen LogP contribution in [0.2, 0.25) is 0 Å². The maximum absolute atomic E-state index is 14.0. The summed E-state index contributed by atoms with van der Waals surface area (Å²) in [6, 6.07) is 1.59. The predicted octanol–water partition coefficient (Wildman–Crippen LogP) is 6.99. The fourth-order valence-electron chi connectivity index (χ4n) is 8.46. The predicted molar refractivity (Wildman–Crippen MR) is 199 cm³/mol. The second-order valence-corrected chi connectivity index (χ2v) is 19.2. The van der Waals surface area contributed by atoms with Crippen molar-refractivity contribution in [1.82, 2.24) is 15.4 Å². The molecule has 0 aromatic carbocycles. The molecule has 4 rings (SSSR count). The van der Waals surface area contributed by atoms with Crippen molar-refractivity contribution in [2.45, 2.75) is 152 Å². The molecule has 2 unspecified atom stereocenters. The number of phosphoric ester groups is 2. The van der Waals surface area contributed by atoms with Gasteiger partial charge in [0.2, 0.25) is 19.0 Å². The summed E-state index contributed by atoms with van der Waals surface area (Å²) in [4.78, 5) is 20.5. The molecule has 2 atom stereocenters. The van der Waals surface area contributed by atoms with E-state index in [1.54, 1.807) is 19.9 Å². The van der Waals surface area contributed by atoms with Crippen LogP contribution in [0.25, 0.3) is 9.69 Å². The van der Waals surface area contributed by atoms with Gasteiger partial charge in [0.1, 0.15) is 13.2 Å². The van der Waals surface area contributed by atoms with E-state index in [-0.39, 0.29) is 57.9 Å². The summed E-state index contributed by atoms with van der Waals surface area (Å²) in [5.74, 6) is -0.303. The summed E-state index contributed by atoms with van der Waals surface area (Å²) < 4.78 is 60.7. The third-order valence-electron chi connectivity index (χ3n) is 11.1. The van der Waals surface area contributed by atoms with Crippen molar-refractivity contribution in [3.05, 3.63) is 34.5 Å². The van der Waals surface area contributed by atoms with Crippen molar-refractivity contribution in [2.24, 2.45) is 0 Å². The smallest absolute Gasteiger partial charge is 0.349 e. The van der Waals surface area contributed by atoms with E-state index in [9.17, 15) is 24.3 Å². The Morgan fingerprint density at radius 3 is 1.71 bits per heavy atom. The van der Waals surface area contributed by atoms with Gasteiger partial charge in [-0.1, -0.05) is 13.0 Å². The average molecular weight is 813 g/mol. The number of hydroxylamine groups is 4. The van der Waals surface area contributed by atoms with E-state index < -0.39 is 50.0 Å². The molecule has 55 heavy (non-hydrogen) atoms. The van der Waals surface area contributed by atoms with Gasteiger partial charge in [0, 0.05) is 22.7 Å². The van der Waals surface area contributed by atoms with Gasteiger partial charge in [-0.25, -0.2) is 22.3 Å². The molecular formula is C36H58N6O11P2. The highest BCUT2D eigenvalue weighted by Gasteiger charge is 2.58. The number of hydrogen-bond acceptors (Lipinski definition) is 14. The molecule has 3 N–H and O–H groups in total. The van der Waals surface area contributed by atoms with E-state index in [4.69, 9.17) is 45.5 Å². The Labute approximate surface area is 325 Å². The molecule has 3 fully saturated rings. The summed E-state index contributed by atoms with van der Waals surface area (Å²) in [5, 5.41) is 38.1. The zero-order chi connectivity index (χ0) is 40.5. The summed E-state index contributed by atoms with van der Waals surface area (Å²) in [6.45, 7) is 22.8. The fourth-order valence-corrected chi connectivity index (χ4v) is 11.3. The van der Waals surface area contributed by atoms with E-state index in [1.165, 1.54) is 10.1 Å². The van der Waals surface area contributed by atoms with Crippen LogP contribution in [0, 0.1) is 24.5 Å². The van der Waals surface area contributed by atoms with Crippen molar-refractivity contribution in [3.8, 4) is 6.07 Å². The van der Waals surface area contributed by atoms with Gasteiger partial charge in [0.25, 0.3) is 0 Å². The molecule has 2 heterocycles. The highest BCUT2D eigenvalue weighted by Crippen LogP contribution is 2.57. The first kappa shape index (κ1) is 45.4. The number of carbonyl (C=O) groups excluding carboxylic acids is 1. The van der Waals surface area contributed by atoms with Crippen LogP contribution in [0.5, 0.6) is 0 Å². The Balaban J connectivity index is 1.55. The fraction of sp³-hybridized carbons (Fsp3) is 0.833. The molecule has 1 amide bonds. The number of nitriles is 1. The van der Waals surface area contributed by atoms with Gasteiger partial charge in [0.05, 0.1) is 49.0 Å². The number of nitrogens with one attached hydrogen (secondary N) is 1. The van der Waals surface area contributed by atoms with Crippen LogP contribution < -0.4 is 5.32 Å². The second-order valence-electron chi connectivity index (χ2n) is 15.9. The second kappa shape index (κ2) is 19.0. The number of piperidine rings is 1. The first-order valence-electron chi connectivity index (χ1n) is 19.1. The Bertz CT molecular complexity index is 1560. The molecule has 2 aliphatic heterocycles. The molecule has 0 radical (unpaired) electrons. The van der Waals surface area contributed by atoms with Gasteiger partial charge in [-0.15, -0.1) is 0 Å². The van der Waals surface area contributed by atoms with Gasteiger partial charge >= 0.3 is 15.6 Å². The highest BCUT2D eigenvalue weighted by molar-refractivity contribution is 7.48. The number of hydrogen-bond donors (Lipinski definition) is 3. The third-order valence-corrected chi connectivity index (χ3v) is 14.2. The van der Waals surface area contributed by atoms with Crippen LogP contribution in [0.15, 0.2) is 11.6 Å². The molecule has 0 aromatic rings. The first-order valence-corrected chi connectivity index (χ1v) is 22.1. The first-order chi connectivity index (χ1) is 25.9. The summed E-state index contributed by atoms with van der Waals surface area (Å²) in [5.41, 5.74) is -2.86. The zero-order valence-corrected chi connectivity index (χ0v) is 34.5. The van der Waals surface area contributed by atoms with Crippen LogP contribution in [0.3, 0.4) is 0 Å². The summed E-state index contributed by atoms with van der Waals surface area (Å²) in [7, 11) is -8.03. The molecule has 1 saturated heterocycles. The number of nitrogens with zero attached hydrogens (tertiary/aromatic N) is 5. The summed E-state index contributed by atoms with van der Waals surface area (Å²) in [6.07, 6.45) is 5.50. The monoisotopic (exact) mass is 812 g/mol. The SMILES string of the molecule is [C-]#[N+]CCOP(=O)(OCC[N+]#[C-])OC1CCC2(CC1)CC(NC(=O)C1=CC(C)(C)N(O)C1(C)C)CC1(CCC(OP(=O)(OCCC)OCCC#N)CC1)N2O. The van der Waals surface area contributed by atoms with Crippen LogP contribution in [-0.4, -0.2) is 106 Å². The molecule has 19 heteroatoms. The molecule has 2 aliphatic carbocycles. The molecule has 0 bridgehead atoms. The van der Waals surface area contributed by atoms with E-state index in [2.05, 4.69) is 15.0 Å². The zero-order valence-electron chi connectivity index (χ0n) is 32.7. The van der Waals surface area contributed by atoms with Crippen molar-refractivity contribution >= 4 is 21.6 Å². The van der Waals surface area contributed by atoms with E-state index in [0.29, 0.717) is 76.2 Å². The lowest BCUT2D eigenvalue weighted by Gasteiger charge is -2.60. The quantitative estimate of drug-likeness (QED) is 0.0727. The normalized spacial score (nSPS) is 30.5. The van der Waals surface area contributed by atoms with Gasteiger partial charge in [0.15, 0.2) is 0 Å². The minimum atomic E-state index is -4.08. The lowest BCUT2D eigenvalue weighted by atomic mass is 9.64. The number of phosphoric acid groups is 2. The molecule has 17 nitrogen and oxygen atoms in total. The van der Waals surface area contributed by atoms with E-state index in [1.807, 2.05) is 26.8 Å². The lowest BCUT2D eigenvalue weighted by molar-refractivity contribution is -0.286. The van der Waals surface area contributed by atoms with Crippen molar-refractivity contribution in [1.29, 1.82) is 5.26 Å². The molecule has 2 spiro atoms. The maximum atomic E-state index is 14.0. The van der Waals surface area contributed by atoms with Crippen LogP contribution in [0.4, 0.5) is 0 Å². The van der Waals surface area contributed by atoms with Crippen LogP contribution >= 0.6 is 15.6 Å². The van der Waals surface area contributed by atoms with Gasteiger partial charge in [-0.05, 0) is 98.3 Å². The van der Waals surface area contributed by atoms with Crippen molar-refractivity contribution in [3.63, 3.8) is 0 Å². The molecular weight excluding hydrogens is 754 g/mol. The topological polar surface area (TPSA) is 198 Å². The van der Waals surface area contributed by atoms with E-state index >= 15 is 0 Å². The molecule has 0 aromatic heterocycles. The lowest BCUT2D eigenvalue weighted by Crippen LogP contribution is -2.69. The van der Waals surface area contributed by atoms with E-state index in [0.717, 1.165) is 0 Å². The molecule has 4 aliphatic rings. The molecule has 308 valence electrons. The third kappa shape index (κ3) is 11.0. The Morgan fingerprint density at radius 1 is 0.855 bits per heavy atom. The Morgan fingerprint density at radius 2 is 1.31 bits per heavy atom. The number of carbonyl (C=O) groups is 1. The summed E-state index contributed by atoms with van der Waals surface area (Å²) >= 11 is 0. The standard InChI is InChI=1S/C36H58N6O11P2/c1-8-21-48-54(46,49-22-9-18-37)52-29-10-14-35(15-11-29)25-28(40-32(43)31-27-33(2,3)41(44)34(31,4)5)26-36(42(35)45)16-12-30(13-17-36)53-55(47,50-23-19-38-6)51-24-20-39-7/h27-30,44-45H,8-17,19-26H2,1-5H3,(H,40,43). The Kier molecular flexibility index (Phi) is 15.7. The maximum Gasteiger partial charge on any atom is 0.475 e. The average Bonchev–Trinajstić information content (AvgIpc) is 3.30. The number of amides is 1. The minimum Gasteiger partial charge on any atom is -0.349 e. The van der Waals surface area contributed by atoms with Crippen LogP contribution in [-0.2, 0) is 41.1 Å². The van der Waals surface area contributed by atoms with Crippen LogP contribution in [0.1, 0.15) is 112 Å².